The number of carbonyl (C=O) groups excluding carboxylic acids is 1. The highest BCUT2D eigenvalue weighted by atomic mass is 16.5. The highest BCUT2D eigenvalue weighted by Crippen LogP contribution is 2.33. The number of carbonyl (C=O) groups is 1. The number of aromatic nitrogens is 3. The summed E-state index contributed by atoms with van der Waals surface area (Å²) in [6.07, 6.45) is 0.962. The molecule has 25 heavy (non-hydrogen) atoms. The summed E-state index contributed by atoms with van der Waals surface area (Å²) < 4.78 is 12.6. The van der Waals surface area contributed by atoms with Crippen LogP contribution in [0.5, 0.6) is 5.88 Å². The molecule has 0 N–H and O–H groups in total. The van der Waals surface area contributed by atoms with Crippen molar-refractivity contribution in [2.75, 3.05) is 33.4 Å². The van der Waals surface area contributed by atoms with E-state index in [0.29, 0.717) is 5.88 Å². The highest BCUT2D eigenvalue weighted by Gasteiger charge is 2.40. The van der Waals surface area contributed by atoms with Crippen molar-refractivity contribution < 1.29 is 14.3 Å². The lowest BCUT2D eigenvalue weighted by Gasteiger charge is -2.48. The number of hydrogen-bond donors (Lipinski definition) is 0. The van der Waals surface area contributed by atoms with E-state index < -0.39 is 0 Å². The average Bonchev–Trinajstić information content (AvgIpc) is 2.84. The van der Waals surface area contributed by atoms with E-state index in [1.165, 1.54) is 0 Å². The maximum Gasteiger partial charge on any atom is 0.260 e. The largest absolute Gasteiger partial charge is 0.466 e. The Morgan fingerprint density at radius 3 is 2.76 bits per heavy atom. The average molecular weight is 346 g/mol. The van der Waals surface area contributed by atoms with Gasteiger partial charge in [-0.25, -0.2) is 9.67 Å². The zero-order valence-corrected chi connectivity index (χ0v) is 15.6. The van der Waals surface area contributed by atoms with E-state index in [-0.39, 0.29) is 17.9 Å². The molecule has 0 aliphatic carbocycles. The quantitative estimate of drug-likeness (QED) is 0.798. The second kappa shape index (κ2) is 6.63. The second-order valence-electron chi connectivity index (χ2n) is 7.30. The van der Waals surface area contributed by atoms with Gasteiger partial charge in [-0.05, 0) is 31.9 Å². The molecule has 1 amide bonds. The molecule has 0 atom stereocenters. The van der Waals surface area contributed by atoms with Gasteiger partial charge >= 0.3 is 0 Å². The maximum absolute atomic E-state index is 12.4. The summed E-state index contributed by atoms with van der Waals surface area (Å²) in [4.78, 5) is 18.7. The molecule has 1 fully saturated rings. The van der Waals surface area contributed by atoms with Crippen molar-refractivity contribution >= 4 is 16.9 Å². The van der Waals surface area contributed by atoms with Crippen molar-refractivity contribution in [3.63, 3.8) is 0 Å². The van der Waals surface area contributed by atoms with Gasteiger partial charge in [-0.3, -0.25) is 4.79 Å². The van der Waals surface area contributed by atoms with Crippen LogP contribution in [-0.4, -0.2) is 59.0 Å². The van der Waals surface area contributed by atoms with Crippen molar-refractivity contribution in [2.24, 2.45) is 12.5 Å². The fourth-order valence-electron chi connectivity index (χ4n) is 3.43. The van der Waals surface area contributed by atoms with Crippen LogP contribution in [0.1, 0.15) is 24.6 Å². The summed E-state index contributed by atoms with van der Waals surface area (Å²) >= 11 is 0. The van der Waals surface area contributed by atoms with Crippen LogP contribution < -0.4 is 4.74 Å². The standard InChI is InChI=1S/C18H26N4O3/c1-12-8-13(2)19-16-15(12)17(20-21(16)4)25-9-14(23)22-10-18(3,11-22)6-7-24-5/h8H,6-7,9-11H2,1-5H3. The lowest BCUT2D eigenvalue weighted by Crippen LogP contribution is -2.58. The van der Waals surface area contributed by atoms with E-state index in [1.54, 1.807) is 11.8 Å². The molecule has 1 aliphatic heterocycles. The second-order valence-corrected chi connectivity index (χ2v) is 7.30. The number of ether oxygens (including phenoxy) is 2. The van der Waals surface area contributed by atoms with Crippen LogP contribution in [0.4, 0.5) is 0 Å². The molecule has 0 saturated carbocycles. The molecule has 0 radical (unpaired) electrons. The molecule has 0 spiro atoms. The molecule has 2 aromatic heterocycles. The van der Waals surface area contributed by atoms with Gasteiger partial charge in [-0.2, -0.15) is 0 Å². The smallest absolute Gasteiger partial charge is 0.260 e. The molecular weight excluding hydrogens is 320 g/mol. The van der Waals surface area contributed by atoms with E-state index in [4.69, 9.17) is 9.47 Å². The van der Waals surface area contributed by atoms with Crippen LogP contribution in [0.15, 0.2) is 6.07 Å². The summed E-state index contributed by atoms with van der Waals surface area (Å²) in [6, 6.07) is 2.00. The number of nitrogens with zero attached hydrogens (tertiary/aromatic N) is 4. The van der Waals surface area contributed by atoms with E-state index in [0.717, 1.165) is 48.4 Å². The SMILES string of the molecule is COCCC1(C)CN(C(=O)COc2nn(C)c3nc(C)cc(C)c23)C1. The minimum absolute atomic E-state index is 0.000211. The van der Waals surface area contributed by atoms with Crippen molar-refractivity contribution in [2.45, 2.75) is 27.2 Å². The Kier molecular flexibility index (Phi) is 4.69. The third-order valence-electron chi connectivity index (χ3n) is 4.83. The fraction of sp³-hybridized carbons (Fsp3) is 0.611. The van der Waals surface area contributed by atoms with Gasteiger partial charge in [0.15, 0.2) is 12.3 Å². The number of rotatable bonds is 6. The van der Waals surface area contributed by atoms with Crippen molar-refractivity contribution in [3.8, 4) is 5.88 Å². The highest BCUT2D eigenvalue weighted by molar-refractivity contribution is 5.86. The molecule has 1 aliphatic rings. The Morgan fingerprint density at radius 2 is 2.08 bits per heavy atom. The molecule has 3 heterocycles. The zero-order valence-electron chi connectivity index (χ0n) is 15.6. The summed E-state index contributed by atoms with van der Waals surface area (Å²) in [5, 5.41) is 5.25. The Labute approximate surface area is 147 Å². The summed E-state index contributed by atoms with van der Waals surface area (Å²) in [5.41, 5.74) is 2.92. The zero-order chi connectivity index (χ0) is 18.2. The van der Waals surface area contributed by atoms with Crippen molar-refractivity contribution in [3.05, 3.63) is 17.3 Å². The molecular formula is C18H26N4O3. The van der Waals surface area contributed by atoms with Crippen LogP contribution in [0, 0.1) is 19.3 Å². The molecule has 2 aromatic rings. The molecule has 0 unspecified atom stereocenters. The van der Waals surface area contributed by atoms with Crippen LogP contribution in [0.3, 0.4) is 0 Å². The summed E-state index contributed by atoms with van der Waals surface area (Å²) in [5.74, 6) is 0.463. The number of likely N-dealkylation sites (tertiary alicyclic amines) is 1. The number of hydrogen-bond acceptors (Lipinski definition) is 5. The van der Waals surface area contributed by atoms with E-state index in [2.05, 4.69) is 17.0 Å². The van der Waals surface area contributed by atoms with Gasteiger partial charge in [-0.1, -0.05) is 6.92 Å². The van der Waals surface area contributed by atoms with Gasteiger partial charge in [0.05, 0.1) is 5.39 Å². The topological polar surface area (TPSA) is 69.5 Å². The molecule has 7 nitrogen and oxygen atoms in total. The number of aryl methyl sites for hydroxylation is 3. The minimum atomic E-state index is -0.00795. The first kappa shape index (κ1) is 17.7. The minimum Gasteiger partial charge on any atom is -0.466 e. The summed E-state index contributed by atoms with van der Waals surface area (Å²) in [7, 11) is 3.54. The molecule has 3 rings (SSSR count). The van der Waals surface area contributed by atoms with Crippen LogP contribution in [0.25, 0.3) is 11.0 Å². The van der Waals surface area contributed by atoms with E-state index >= 15 is 0 Å². The van der Waals surface area contributed by atoms with Gasteiger partial charge < -0.3 is 14.4 Å². The van der Waals surface area contributed by atoms with Crippen LogP contribution in [0.2, 0.25) is 0 Å². The lowest BCUT2D eigenvalue weighted by atomic mass is 9.79. The molecule has 0 aromatic carbocycles. The first-order valence-corrected chi connectivity index (χ1v) is 8.53. The first-order chi connectivity index (χ1) is 11.8. The number of amides is 1. The number of fused-ring (bicyclic) bond motifs is 1. The monoisotopic (exact) mass is 346 g/mol. The number of methoxy groups -OCH3 is 1. The van der Waals surface area contributed by atoms with Gasteiger partial charge in [-0.15, -0.1) is 5.10 Å². The van der Waals surface area contributed by atoms with E-state index in [9.17, 15) is 4.79 Å². The first-order valence-electron chi connectivity index (χ1n) is 8.53. The fourth-order valence-corrected chi connectivity index (χ4v) is 3.43. The predicted octanol–water partition coefficient (Wildman–Crippen LogP) is 1.85. The maximum atomic E-state index is 12.4. The van der Waals surface area contributed by atoms with Gasteiger partial charge in [0, 0.05) is 45.0 Å². The lowest BCUT2D eigenvalue weighted by molar-refractivity contribution is -0.145. The van der Waals surface area contributed by atoms with Crippen LogP contribution >= 0.6 is 0 Å². The Morgan fingerprint density at radius 1 is 1.36 bits per heavy atom. The predicted molar refractivity (Wildman–Crippen MR) is 94.7 cm³/mol. The summed E-state index contributed by atoms with van der Waals surface area (Å²) in [6.45, 7) is 8.36. The molecule has 1 saturated heterocycles. The third kappa shape index (κ3) is 3.46. The molecule has 136 valence electrons. The Hall–Kier alpha value is -2.15. The Balaban J connectivity index is 1.63. The Bertz CT molecular complexity index is 793. The van der Waals surface area contributed by atoms with Gasteiger partial charge in [0.1, 0.15) is 0 Å². The molecule has 0 bridgehead atoms. The van der Waals surface area contributed by atoms with E-state index in [1.807, 2.05) is 31.9 Å². The van der Waals surface area contributed by atoms with Crippen LogP contribution in [-0.2, 0) is 16.6 Å². The van der Waals surface area contributed by atoms with Crippen molar-refractivity contribution in [1.82, 2.24) is 19.7 Å². The number of pyridine rings is 1. The van der Waals surface area contributed by atoms with Gasteiger partial charge in [0.2, 0.25) is 5.88 Å². The third-order valence-corrected chi connectivity index (χ3v) is 4.83. The van der Waals surface area contributed by atoms with Crippen molar-refractivity contribution in [1.29, 1.82) is 0 Å². The molecule has 7 heteroatoms. The normalized spacial score (nSPS) is 16.1. The van der Waals surface area contributed by atoms with Gasteiger partial charge in [0.25, 0.3) is 5.91 Å².